The first kappa shape index (κ1) is 24.6. The molecule has 0 saturated heterocycles. The highest BCUT2D eigenvalue weighted by Crippen LogP contribution is 2.46. The Labute approximate surface area is 219 Å². The molecule has 5 rings (SSSR count). The second-order valence-corrected chi connectivity index (χ2v) is 10.0. The molecule has 186 valence electrons. The van der Waals surface area contributed by atoms with Crippen molar-refractivity contribution in [3.8, 4) is 11.5 Å². The van der Waals surface area contributed by atoms with Gasteiger partial charge < -0.3 is 14.3 Å². The quantitative estimate of drug-likeness (QED) is 0.223. The van der Waals surface area contributed by atoms with Gasteiger partial charge in [0.05, 0.1) is 0 Å². The monoisotopic (exact) mass is 488 g/mol. The van der Waals surface area contributed by atoms with Crippen molar-refractivity contribution >= 4 is 17.4 Å². The molecule has 4 aromatic carbocycles. The van der Waals surface area contributed by atoms with Crippen LogP contribution in [0.15, 0.2) is 109 Å². The number of carbonyl (C=O) groups excluding carboxylic acids is 1. The van der Waals surface area contributed by atoms with E-state index in [1.54, 1.807) is 0 Å². The van der Waals surface area contributed by atoms with Crippen molar-refractivity contribution in [1.29, 1.82) is 0 Å². The van der Waals surface area contributed by atoms with Crippen LogP contribution in [-0.4, -0.2) is 6.29 Å². The molecule has 0 bridgehead atoms. The van der Waals surface area contributed by atoms with E-state index in [0.29, 0.717) is 13.2 Å². The van der Waals surface area contributed by atoms with E-state index in [-0.39, 0.29) is 5.41 Å². The normalized spacial score (nSPS) is 17.3. The lowest BCUT2D eigenvalue weighted by Gasteiger charge is -2.32. The molecule has 0 N–H and O–H groups in total. The molecule has 3 nitrogen and oxygen atoms in total. The maximum atomic E-state index is 12.0. The molecule has 0 spiro atoms. The Bertz CT molecular complexity index is 1340. The van der Waals surface area contributed by atoms with Crippen molar-refractivity contribution in [2.75, 3.05) is 0 Å². The van der Waals surface area contributed by atoms with Gasteiger partial charge in [0, 0.05) is 5.41 Å². The van der Waals surface area contributed by atoms with E-state index in [4.69, 9.17) is 9.47 Å². The van der Waals surface area contributed by atoms with Crippen LogP contribution < -0.4 is 9.47 Å². The predicted molar refractivity (Wildman–Crippen MR) is 149 cm³/mol. The smallest absolute Gasteiger partial charge is 0.126 e. The summed E-state index contributed by atoms with van der Waals surface area (Å²) in [6.45, 7) is 3.15. The molecular formula is C34H32O3. The fourth-order valence-corrected chi connectivity index (χ4v) is 4.84. The van der Waals surface area contributed by atoms with Gasteiger partial charge in [0.2, 0.25) is 0 Å². The average Bonchev–Trinajstić information content (AvgIpc) is 2.97. The van der Waals surface area contributed by atoms with Crippen LogP contribution in [-0.2, 0) is 18.0 Å². The Morgan fingerprint density at radius 3 is 1.57 bits per heavy atom. The van der Waals surface area contributed by atoms with Crippen LogP contribution in [0.1, 0.15) is 48.4 Å². The lowest BCUT2D eigenvalue weighted by Crippen LogP contribution is -2.23. The fourth-order valence-electron chi connectivity index (χ4n) is 4.84. The summed E-state index contributed by atoms with van der Waals surface area (Å²) >= 11 is 0. The Morgan fingerprint density at radius 1 is 0.649 bits per heavy atom. The topological polar surface area (TPSA) is 35.5 Å². The first-order valence-electron chi connectivity index (χ1n) is 12.8. The Hall–Kier alpha value is -4.11. The third kappa shape index (κ3) is 6.18. The van der Waals surface area contributed by atoms with Gasteiger partial charge in [-0.15, -0.1) is 0 Å². The van der Waals surface area contributed by atoms with Crippen molar-refractivity contribution in [3.05, 3.63) is 131 Å². The third-order valence-electron chi connectivity index (χ3n) is 7.08. The van der Waals surface area contributed by atoms with Crippen molar-refractivity contribution in [3.63, 3.8) is 0 Å². The number of allylic oxidation sites excluding steroid dienone is 2. The molecule has 0 heterocycles. The number of hydrogen-bond acceptors (Lipinski definition) is 3. The van der Waals surface area contributed by atoms with Crippen molar-refractivity contribution in [2.45, 2.75) is 39.4 Å². The minimum atomic E-state index is -0.347. The summed E-state index contributed by atoms with van der Waals surface area (Å²) in [6, 6.07) is 37.0. The number of ether oxygens (including phenoxy) is 2. The largest absolute Gasteiger partial charge is 0.489 e. The minimum Gasteiger partial charge on any atom is -0.489 e. The molecule has 1 aliphatic rings. The number of benzene rings is 4. The van der Waals surface area contributed by atoms with Gasteiger partial charge in [0.15, 0.2) is 0 Å². The van der Waals surface area contributed by atoms with Crippen LogP contribution >= 0.6 is 0 Å². The molecule has 37 heavy (non-hydrogen) atoms. The lowest BCUT2D eigenvalue weighted by molar-refractivity contribution is -0.115. The van der Waals surface area contributed by atoms with Crippen LogP contribution in [0, 0.1) is 5.41 Å². The van der Waals surface area contributed by atoms with Gasteiger partial charge in [-0.2, -0.15) is 0 Å². The molecule has 1 unspecified atom stereocenters. The van der Waals surface area contributed by atoms with Gasteiger partial charge >= 0.3 is 0 Å². The Morgan fingerprint density at radius 2 is 1.11 bits per heavy atom. The summed E-state index contributed by atoms with van der Waals surface area (Å²) in [6.07, 6.45) is 3.56. The van der Waals surface area contributed by atoms with Crippen molar-refractivity contribution in [1.82, 2.24) is 0 Å². The molecule has 4 aromatic rings. The Kier molecular flexibility index (Phi) is 7.51. The number of carbonyl (C=O) groups is 1. The highest BCUT2D eigenvalue weighted by Gasteiger charge is 2.32. The molecule has 1 atom stereocenters. The van der Waals surface area contributed by atoms with Crippen LogP contribution in [0.3, 0.4) is 0 Å². The number of rotatable bonds is 9. The standard InChI is InChI=1S/C34H32O3/c1-34(25-35)21-20-32(28-12-16-30(17-13-28)36-23-26-8-4-2-5-9-26)33(22-34)29-14-18-31(19-15-29)37-24-27-10-6-3-7-11-27/h2-19,25H,20-24H2,1H3. The fraction of sp³-hybridized carbons (Fsp3) is 0.206. The van der Waals surface area contributed by atoms with Gasteiger partial charge in [0.25, 0.3) is 0 Å². The second-order valence-electron chi connectivity index (χ2n) is 10.0. The summed E-state index contributed by atoms with van der Waals surface area (Å²) in [4.78, 5) is 12.0. The van der Waals surface area contributed by atoms with E-state index in [1.165, 1.54) is 16.7 Å². The van der Waals surface area contributed by atoms with E-state index < -0.39 is 0 Å². The van der Waals surface area contributed by atoms with Crippen LogP contribution in [0.4, 0.5) is 0 Å². The first-order chi connectivity index (χ1) is 18.1. The zero-order valence-corrected chi connectivity index (χ0v) is 21.2. The molecule has 0 aliphatic heterocycles. The molecule has 0 amide bonds. The number of aldehydes is 1. The van der Waals surface area contributed by atoms with Gasteiger partial charge in [-0.25, -0.2) is 0 Å². The maximum Gasteiger partial charge on any atom is 0.126 e. The minimum absolute atomic E-state index is 0.347. The number of hydrogen-bond donors (Lipinski definition) is 0. The first-order valence-corrected chi connectivity index (χ1v) is 12.8. The van der Waals surface area contributed by atoms with Gasteiger partial charge in [-0.3, -0.25) is 0 Å². The summed E-state index contributed by atoms with van der Waals surface area (Å²) in [7, 11) is 0. The van der Waals surface area contributed by atoms with E-state index in [1.807, 2.05) is 60.7 Å². The summed E-state index contributed by atoms with van der Waals surface area (Å²) in [5, 5.41) is 0. The molecule has 0 radical (unpaired) electrons. The molecule has 0 saturated carbocycles. The van der Waals surface area contributed by atoms with Crippen LogP contribution in [0.25, 0.3) is 11.1 Å². The van der Waals surface area contributed by atoms with Crippen LogP contribution in [0.5, 0.6) is 11.5 Å². The second kappa shape index (κ2) is 11.3. The van der Waals surface area contributed by atoms with E-state index in [9.17, 15) is 4.79 Å². The molecule has 3 heteroatoms. The molecule has 0 aromatic heterocycles. The van der Waals surface area contributed by atoms with Gasteiger partial charge in [-0.1, -0.05) is 91.9 Å². The Balaban J connectivity index is 1.35. The van der Waals surface area contributed by atoms with Crippen LogP contribution in [0.2, 0.25) is 0 Å². The van der Waals surface area contributed by atoms with E-state index in [0.717, 1.165) is 53.7 Å². The summed E-state index contributed by atoms with van der Waals surface area (Å²) in [5.74, 6) is 1.69. The summed E-state index contributed by atoms with van der Waals surface area (Å²) in [5.41, 5.74) is 6.79. The van der Waals surface area contributed by atoms with Gasteiger partial charge in [-0.05, 0) is 76.9 Å². The highest BCUT2D eigenvalue weighted by molar-refractivity contribution is 5.93. The summed E-state index contributed by atoms with van der Waals surface area (Å²) < 4.78 is 12.0. The molecule has 0 fully saturated rings. The van der Waals surface area contributed by atoms with Gasteiger partial charge in [0.1, 0.15) is 31.0 Å². The van der Waals surface area contributed by atoms with E-state index in [2.05, 4.69) is 55.5 Å². The third-order valence-corrected chi connectivity index (χ3v) is 7.08. The SMILES string of the molecule is CC1(C=O)CCC(c2ccc(OCc3ccccc3)cc2)=C(c2ccc(OCc3ccccc3)cc2)C1. The average molecular weight is 489 g/mol. The predicted octanol–water partition coefficient (Wildman–Crippen LogP) is 8.14. The maximum absolute atomic E-state index is 12.0. The van der Waals surface area contributed by atoms with Crippen molar-refractivity contribution < 1.29 is 14.3 Å². The van der Waals surface area contributed by atoms with Crippen molar-refractivity contribution in [2.24, 2.45) is 5.41 Å². The molecule has 1 aliphatic carbocycles. The lowest BCUT2D eigenvalue weighted by atomic mass is 9.71. The van der Waals surface area contributed by atoms with E-state index >= 15 is 0 Å². The zero-order valence-electron chi connectivity index (χ0n) is 21.2. The molecular weight excluding hydrogens is 456 g/mol. The zero-order chi connectivity index (χ0) is 25.5. The highest BCUT2D eigenvalue weighted by atomic mass is 16.5.